The molecule has 1 amide bonds. The number of halogens is 1. The number of nitrogens with two attached hydrogens (primary N) is 1. The maximum absolute atomic E-state index is 12.8. The molecule has 2 heterocycles. The van der Waals surface area contributed by atoms with Gasteiger partial charge in [-0.1, -0.05) is 24.9 Å². The average molecular weight is 320 g/mol. The van der Waals surface area contributed by atoms with Crippen LogP contribution in [0.1, 0.15) is 35.8 Å². The van der Waals surface area contributed by atoms with Gasteiger partial charge < -0.3 is 15.6 Å². The third-order valence-corrected chi connectivity index (χ3v) is 4.91. The van der Waals surface area contributed by atoms with Crippen molar-refractivity contribution in [1.29, 1.82) is 0 Å². The van der Waals surface area contributed by atoms with Gasteiger partial charge in [-0.3, -0.25) is 4.79 Å². The van der Waals surface area contributed by atoms with Crippen LogP contribution in [0.2, 0.25) is 5.02 Å². The molecular formula is C17H22ClN3O. The Balaban J connectivity index is 1.88. The zero-order chi connectivity index (χ0) is 15.9. The summed E-state index contributed by atoms with van der Waals surface area (Å²) in [7, 11) is 0. The lowest BCUT2D eigenvalue weighted by Gasteiger charge is -2.15. The van der Waals surface area contributed by atoms with Crippen molar-refractivity contribution in [3.05, 3.63) is 34.5 Å². The molecule has 0 bridgehead atoms. The Kier molecular flexibility index (Phi) is 4.15. The first-order valence-corrected chi connectivity index (χ1v) is 8.21. The van der Waals surface area contributed by atoms with Crippen molar-refractivity contribution in [3.63, 3.8) is 0 Å². The normalized spacial score (nSPS) is 21.7. The minimum absolute atomic E-state index is 0.0406. The van der Waals surface area contributed by atoms with Gasteiger partial charge in [0.05, 0.1) is 0 Å². The summed E-state index contributed by atoms with van der Waals surface area (Å²) in [6.07, 6.45) is 2.18. The highest BCUT2D eigenvalue weighted by Gasteiger charge is 2.33. The average Bonchev–Trinajstić information content (AvgIpc) is 3.01. The number of hydrogen-bond donors (Lipinski definition) is 2. The number of aromatic nitrogens is 1. The number of rotatable bonds is 3. The van der Waals surface area contributed by atoms with Crippen molar-refractivity contribution in [2.75, 3.05) is 13.1 Å². The van der Waals surface area contributed by atoms with E-state index in [2.05, 4.69) is 11.9 Å². The molecule has 1 aliphatic rings. The molecule has 1 fully saturated rings. The van der Waals surface area contributed by atoms with Crippen LogP contribution in [0.25, 0.3) is 10.9 Å². The zero-order valence-corrected chi connectivity index (χ0v) is 13.8. The van der Waals surface area contributed by atoms with Crippen LogP contribution < -0.4 is 5.73 Å². The second-order valence-corrected chi connectivity index (χ2v) is 6.67. The van der Waals surface area contributed by atoms with Crippen LogP contribution in [0.15, 0.2) is 18.2 Å². The van der Waals surface area contributed by atoms with Gasteiger partial charge >= 0.3 is 0 Å². The van der Waals surface area contributed by atoms with Gasteiger partial charge in [0.2, 0.25) is 0 Å². The number of benzene rings is 1. The van der Waals surface area contributed by atoms with Crippen molar-refractivity contribution in [1.82, 2.24) is 9.88 Å². The van der Waals surface area contributed by atoms with E-state index in [4.69, 9.17) is 17.3 Å². The number of aromatic amines is 1. The molecule has 4 nitrogen and oxygen atoms in total. The fourth-order valence-electron chi connectivity index (χ4n) is 3.41. The molecule has 0 saturated carbocycles. The number of aryl methyl sites for hydroxylation is 1. The van der Waals surface area contributed by atoms with Crippen LogP contribution in [0, 0.1) is 12.8 Å². The first-order chi connectivity index (χ1) is 10.5. The summed E-state index contributed by atoms with van der Waals surface area (Å²) >= 11 is 6.05. The molecule has 5 heteroatoms. The smallest absolute Gasteiger partial charge is 0.270 e. The molecule has 3 rings (SSSR count). The van der Waals surface area contributed by atoms with E-state index < -0.39 is 0 Å². The number of nitrogens with zero attached hydrogens (tertiary/aromatic N) is 1. The third kappa shape index (κ3) is 2.61. The molecule has 1 aliphatic heterocycles. The van der Waals surface area contributed by atoms with Gasteiger partial charge in [0, 0.05) is 35.1 Å². The summed E-state index contributed by atoms with van der Waals surface area (Å²) in [6.45, 7) is 5.51. The number of nitrogens with one attached hydrogen (secondary N) is 1. The third-order valence-electron chi connectivity index (χ3n) is 4.67. The first-order valence-electron chi connectivity index (χ1n) is 7.84. The highest BCUT2D eigenvalue weighted by Crippen LogP contribution is 2.28. The van der Waals surface area contributed by atoms with Crippen LogP contribution in [0.5, 0.6) is 0 Å². The molecule has 0 radical (unpaired) electrons. The lowest BCUT2D eigenvalue weighted by atomic mass is 9.99. The highest BCUT2D eigenvalue weighted by atomic mass is 35.5. The monoisotopic (exact) mass is 319 g/mol. The number of hydrogen-bond acceptors (Lipinski definition) is 2. The number of fused-ring (bicyclic) bond motifs is 1. The summed E-state index contributed by atoms with van der Waals surface area (Å²) in [5.74, 6) is 0.451. The Labute approximate surface area is 135 Å². The SMILES string of the molecule is CCC[C@H]1CN(C(=O)c2[nH]c3ccc(Cl)cc3c2C)C[C@@H]1N. The van der Waals surface area contributed by atoms with E-state index in [9.17, 15) is 4.79 Å². The zero-order valence-electron chi connectivity index (χ0n) is 13.0. The van der Waals surface area contributed by atoms with Crippen molar-refractivity contribution in [2.24, 2.45) is 11.7 Å². The van der Waals surface area contributed by atoms with Crippen LogP contribution in [0.3, 0.4) is 0 Å². The standard InChI is InChI=1S/C17H22ClN3O/c1-3-4-11-8-21(9-14(11)19)17(22)16-10(2)13-7-12(18)5-6-15(13)20-16/h5-7,11,14,20H,3-4,8-9,19H2,1-2H3/t11-,14-/m0/s1. The molecule has 0 spiro atoms. The van der Waals surface area contributed by atoms with E-state index in [0.29, 0.717) is 23.2 Å². The number of H-pyrrole nitrogens is 1. The molecular weight excluding hydrogens is 298 g/mol. The van der Waals surface area contributed by atoms with E-state index in [0.717, 1.165) is 35.9 Å². The second kappa shape index (κ2) is 5.94. The number of carbonyl (C=O) groups excluding carboxylic acids is 1. The van der Waals surface area contributed by atoms with E-state index in [1.807, 2.05) is 30.0 Å². The van der Waals surface area contributed by atoms with Gasteiger partial charge in [-0.25, -0.2) is 0 Å². The van der Waals surface area contributed by atoms with Gasteiger partial charge in [-0.05, 0) is 43.0 Å². The van der Waals surface area contributed by atoms with Crippen LogP contribution >= 0.6 is 11.6 Å². The first kappa shape index (κ1) is 15.4. The quantitative estimate of drug-likeness (QED) is 0.911. The van der Waals surface area contributed by atoms with Crippen molar-refractivity contribution in [2.45, 2.75) is 32.7 Å². The predicted molar refractivity (Wildman–Crippen MR) is 90.3 cm³/mol. The van der Waals surface area contributed by atoms with E-state index in [-0.39, 0.29) is 11.9 Å². The Morgan fingerprint density at radius 1 is 1.45 bits per heavy atom. The minimum Gasteiger partial charge on any atom is -0.350 e. The summed E-state index contributed by atoms with van der Waals surface area (Å²) in [5, 5.41) is 1.68. The van der Waals surface area contributed by atoms with Crippen LogP contribution in [-0.2, 0) is 0 Å². The molecule has 2 atom stereocenters. The highest BCUT2D eigenvalue weighted by molar-refractivity contribution is 6.31. The lowest BCUT2D eigenvalue weighted by Crippen LogP contribution is -2.32. The maximum Gasteiger partial charge on any atom is 0.270 e. The minimum atomic E-state index is 0.0406. The predicted octanol–water partition coefficient (Wildman–Crippen LogP) is 3.33. The van der Waals surface area contributed by atoms with Crippen molar-refractivity contribution >= 4 is 28.4 Å². The maximum atomic E-state index is 12.8. The summed E-state index contributed by atoms with van der Waals surface area (Å²) in [5.41, 5.74) is 8.73. The number of carbonyl (C=O) groups is 1. The molecule has 118 valence electrons. The fourth-order valence-corrected chi connectivity index (χ4v) is 3.58. The molecule has 22 heavy (non-hydrogen) atoms. The van der Waals surface area contributed by atoms with Gasteiger partial charge in [-0.15, -0.1) is 0 Å². The Bertz CT molecular complexity index is 709. The van der Waals surface area contributed by atoms with Gasteiger partial charge in [0.25, 0.3) is 5.91 Å². The number of amides is 1. The fraction of sp³-hybridized carbons (Fsp3) is 0.471. The van der Waals surface area contributed by atoms with E-state index >= 15 is 0 Å². The summed E-state index contributed by atoms with van der Waals surface area (Å²) in [6, 6.07) is 5.73. The Hall–Kier alpha value is -1.52. The van der Waals surface area contributed by atoms with Gasteiger partial charge in [0.1, 0.15) is 5.69 Å². The van der Waals surface area contributed by atoms with E-state index in [1.54, 1.807) is 0 Å². The summed E-state index contributed by atoms with van der Waals surface area (Å²) < 4.78 is 0. The molecule has 2 aromatic rings. The lowest BCUT2D eigenvalue weighted by molar-refractivity contribution is 0.0780. The van der Waals surface area contributed by atoms with Crippen LogP contribution in [0.4, 0.5) is 0 Å². The second-order valence-electron chi connectivity index (χ2n) is 6.24. The molecule has 0 unspecified atom stereocenters. The van der Waals surface area contributed by atoms with Crippen LogP contribution in [-0.4, -0.2) is 34.9 Å². The number of likely N-dealkylation sites (tertiary alicyclic amines) is 1. The largest absolute Gasteiger partial charge is 0.350 e. The van der Waals surface area contributed by atoms with E-state index in [1.165, 1.54) is 0 Å². The topological polar surface area (TPSA) is 62.1 Å². The Morgan fingerprint density at radius 2 is 2.23 bits per heavy atom. The molecule has 1 saturated heterocycles. The molecule has 0 aliphatic carbocycles. The Morgan fingerprint density at radius 3 is 2.95 bits per heavy atom. The van der Waals surface area contributed by atoms with Crippen molar-refractivity contribution in [3.8, 4) is 0 Å². The summed E-state index contributed by atoms with van der Waals surface area (Å²) in [4.78, 5) is 17.9. The van der Waals surface area contributed by atoms with Crippen molar-refractivity contribution < 1.29 is 4.79 Å². The molecule has 1 aromatic heterocycles. The van der Waals surface area contributed by atoms with Gasteiger partial charge in [0.15, 0.2) is 0 Å². The molecule has 3 N–H and O–H groups in total. The molecule has 1 aromatic carbocycles. The van der Waals surface area contributed by atoms with Gasteiger partial charge in [-0.2, -0.15) is 0 Å².